The van der Waals surface area contributed by atoms with Crippen molar-refractivity contribution in [3.05, 3.63) is 47.5 Å². The van der Waals surface area contributed by atoms with Gasteiger partial charge in [-0.3, -0.25) is 9.59 Å². The van der Waals surface area contributed by atoms with Crippen molar-refractivity contribution in [1.29, 1.82) is 0 Å². The van der Waals surface area contributed by atoms with Crippen molar-refractivity contribution in [2.24, 2.45) is 5.41 Å². The van der Waals surface area contributed by atoms with Crippen molar-refractivity contribution >= 4 is 11.9 Å². The van der Waals surface area contributed by atoms with Gasteiger partial charge >= 0.3 is 5.97 Å². The van der Waals surface area contributed by atoms with Gasteiger partial charge in [-0.2, -0.15) is 5.10 Å². The highest BCUT2D eigenvalue weighted by atomic mass is 19.1. The normalized spacial score (nSPS) is 20.0. The van der Waals surface area contributed by atoms with Crippen molar-refractivity contribution in [2.45, 2.75) is 26.7 Å². The van der Waals surface area contributed by atoms with Gasteiger partial charge in [-0.05, 0) is 44.0 Å². The van der Waals surface area contributed by atoms with E-state index in [9.17, 15) is 19.1 Å². The fraction of sp³-hybridized carbons (Fsp3) is 0.389. The summed E-state index contributed by atoms with van der Waals surface area (Å²) in [6, 6.07) is 5.90. The quantitative estimate of drug-likeness (QED) is 0.924. The molecule has 7 heteroatoms. The van der Waals surface area contributed by atoms with Crippen molar-refractivity contribution in [3.8, 4) is 5.69 Å². The topological polar surface area (TPSA) is 75.4 Å². The smallest absolute Gasteiger partial charge is 0.311 e. The molecule has 1 unspecified atom stereocenters. The fourth-order valence-electron chi connectivity index (χ4n) is 3.18. The Balaban J connectivity index is 1.90. The lowest BCUT2D eigenvalue weighted by atomic mass is 9.90. The maximum Gasteiger partial charge on any atom is 0.311 e. The molecule has 1 N–H and O–H groups in total. The van der Waals surface area contributed by atoms with E-state index in [0.717, 1.165) is 5.69 Å². The van der Waals surface area contributed by atoms with Crippen LogP contribution in [0, 0.1) is 11.2 Å². The molecule has 2 aromatic rings. The standard InChI is InChI=1S/C18H20FN3O3/c1-3-15-14(10-20-22(15)13-6-4-12(19)5-7-13)16(23)21-9-8-18(2,11-21)17(24)25/h4-7,10H,3,8-9,11H2,1-2H3,(H,24,25). The molecule has 0 saturated carbocycles. The fourth-order valence-corrected chi connectivity index (χ4v) is 3.18. The maximum absolute atomic E-state index is 13.1. The number of carbonyl (C=O) groups is 2. The number of nitrogens with zero attached hydrogens (tertiary/aromatic N) is 3. The van der Waals surface area contributed by atoms with Gasteiger partial charge in [0.05, 0.1) is 28.6 Å². The summed E-state index contributed by atoms with van der Waals surface area (Å²) < 4.78 is 14.7. The van der Waals surface area contributed by atoms with E-state index in [4.69, 9.17) is 0 Å². The molecule has 6 nitrogen and oxygen atoms in total. The van der Waals surface area contributed by atoms with Crippen LogP contribution in [-0.4, -0.2) is 44.8 Å². The Morgan fingerprint density at radius 3 is 2.56 bits per heavy atom. The summed E-state index contributed by atoms with van der Waals surface area (Å²) in [5.41, 5.74) is 0.950. The first-order chi connectivity index (χ1) is 11.9. The minimum atomic E-state index is -0.908. The van der Waals surface area contributed by atoms with Crippen LogP contribution in [0.2, 0.25) is 0 Å². The van der Waals surface area contributed by atoms with E-state index in [-0.39, 0.29) is 18.3 Å². The lowest BCUT2D eigenvalue weighted by Gasteiger charge is -2.20. The van der Waals surface area contributed by atoms with Gasteiger partial charge in [-0.15, -0.1) is 0 Å². The van der Waals surface area contributed by atoms with Crippen LogP contribution < -0.4 is 0 Å². The first-order valence-electron chi connectivity index (χ1n) is 8.21. The Morgan fingerprint density at radius 2 is 2.00 bits per heavy atom. The second kappa shape index (κ2) is 6.31. The Kier molecular flexibility index (Phi) is 4.32. The summed E-state index contributed by atoms with van der Waals surface area (Å²) >= 11 is 0. The Morgan fingerprint density at radius 1 is 1.32 bits per heavy atom. The van der Waals surface area contributed by atoms with Crippen molar-refractivity contribution < 1.29 is 19.1 Å². The van der Waals surface area contributed by atoms with E-state index in [2.05, 4.69) is 5.10 Å². The van der Waals surface area contributed by atoms with E-state index in [1.165, 1.54) is 18.3 Å². The molecule has 1 aromatic heterocycles. The zero-order chi connectivity index (χ0) is 18.2. The summed E-state index contributed by atoms with van der Waals surface area (Å²) in [4.78, 5) is 25.8. The number of carboxylic acid groups (broad SMARTS) is 1. The van der Waals surface area contributed by atoms with Crippen LogP contribution >= 0.6 is 0 Å². The van der Waals surface area contributed by atoms with E-state index in [1.807, 2.05) is 6.92 Å². The molecule has 1 fully saturated rings. The van der Waals surface area contributed by atoms with Gasteiger partial charge in [0.1, 0.15) is 5.82 Å². The van der Waals surface area contributed by atoms with Crippen LogP contribution in [0.15, 0.2) is 30.5 Å². The molecule has 3 rings (SSSR count). The lowest BCUT2D eigenvalue weighted by Crippen LogP contribution is -2.35. The molecule has 2 heterocycles. The highest BCUT2D eigenvalue weighted by Gasteiger charge is 2.42. The Bertz CT molecular complexity index is 815. The number of aliphatic carboxylic acids is 1. The minimum Gasteiger partial charge on any atom is -0.481 e. The molecule has 1 saturated heterocycles. The van der Waals surface area contributed by atoms with Crippen molar-refractivity contribution in [2.75, 3.05) is 13.1 Å². The van der Waals surface area contributed by atoms with Crippen LogP contribution in [0.4, 0.5) is 4.39 Å². The molecule has 0 radical (unpaired) electrons. The first kappa shape index (κ1) is 17.1. The molecule has 1 atom stereocenters. The monoisotopic (exact) mass is 345 g/mol. The van der Waals surface area contributed by atoms with E-state index < -0.39 is 11.4 Å². The lowest BCUT2D eigenvalue weighted by molar-refractivity contribution is -0.147. The highest BCUT2D eigenvalue weighted by Crippen LogP contribution is 2.31. The van der Waals surface area contributed by atoms with Crippen LogP contribution in [0.1, 0.15) is 36.3 Å². The van der Waals surface area contributed by atoms with Gasteiger partial charge in [0.15, 0.2) is 0 Å². The number of halogens is 1. The molecule has 0 spiro atoms. The second-order valence-electron chi connectivity index (χ2n) is 6.59. The summed E-state index contributed by atoms with van der Waals surface area (Å²) in [5, 5.41) is 13.6. The van der Waals surface area contributed by atoms with E-state index >= 15 is 0 Å². The second-order valence-corrected chi connectivity index (χ2v) is 6.59. The van der Waals surface area contributed by atoms with Gasteiger partial charge < -0.3 is 10.0 Å². The van der Waals surface area contributed by atoms with Crippen molar-refractivity contribution in [1.82, 2.24) is 14.7 Å². The Labute approximate surface area is 144 Å². The number of hydrogen-bond donors (Lipinski definition) is 1. The van der Waals surface area contributed by atoms with Crippen LogP contribution in [-0.2, 0) is 11.2 Å². The number of amides is 1. The molecular weight excluding hydrogens is 325 g/mol. The number of aromatic nitrogens is 2. The van der Waals surface area contributed by atoms with Gasteiger partial charge in [0.2, 0.25) is 0 Å². The molecule has 0 bridgehead atoms. The third-order valence-corrected chi connectivity index (χ3v) is 4.78. The van der Waals surface area contributed by atoms with Crippen molar-refractivity contribution in [3.63, 3.8) is 0 Å². The molecule has 1 aromatic carbocycles. The van der Waals surface area contributed by atoms with Gasteiger partial charge in [0, 0.05) is 13.1 Å². The highest BCUT2D eigenvalue weighted by molar-refractivity contribution is 5.96. The minimum absolute atomic E-state index is 0.187. The van der Waals surface area contributed by atoms with Crippen LogP contribution in [0.5, 0.6) is 0 Å². The molecule has 1 aliphatic rings. The van der Waals surface area contributed by atoms with Gasteiger partial charge in [-0.25, -0.2) is 9.07 Å². The third-order valence-electron chi connectivity index (χ3n) is 4.78. The Hall–Kier alpha value is -2.70. The summed E-state index contributed by atoms with van der Waals surface area (Å²) in [7, 11) is 0. The number of carbonyl (C=O) groups excluding carboxylic acids is 1. The average molecular weight is 345 g/mol. The summed E-state index contributed by atoms with van der Waals surface area (Å²) in [6.07, 6.45) is 2.51. The van der Waals surface area contributed by atoms with Crippen LogP contribution in [0.3, 0.4) is 0 Å². The molecule has 0 aliphatic carbocycles. The maximum atomic E-state index is 13.1. The predicted molar refractivity (Wildman–Crippen MR) is 89.2 cm³/mol. The number of carboxylic acids is 1. The zero-order valence-electron chi connectivity index (χ0n) is 14.2. The molecular formula is C18H20FN3O3. The third kappa shape index (κ3) is 3.01. The first-order valence-corrected chi connectivity index (χ1v) is 8.21. The zero-order valence-corrected chi connectivity index (χ0v) is 14.2. The molecule has 1 amide bonds. The van der Waals surface area contributed by atoms with Gasteiger partial charge in [0.25, 0.3) is 5.91 Å². The predicted octanol–water partition coefficient (Wildman–Crippen LogP) is 2.51. The van der Waals surface area contributed by atoms with Gasteiger partial charge in [-0.1, -0.05) is 6.92 Å². The number of benzene rings is 1. The van der Waals surface area contributed by atoms with Crippen LogP contribution in [0.25, 0.3) is 5.69 Å². The number of rotatable bonds is 4. The molecule has 1 aliphatic heterocycles. The number of likely N-dealkylation sites (tertiary alicyclic amines) is 1. The summed E-state index contributed by atoms with van der Waals surface area (Å²) in [5.74, 6) is -1.44. The summed E-state index contributed by atoms with van der Waals surface area (Å²) in [6.45, 7) is 4.17. The average Bonchev–Trinajstić information content (AvgIpc) is 3.19. The van der Waals surface area contributed by atoms with E-state index in [0.29, 0.717) is 30.6 Å². The largest absolute Gasteiger partial charge is 0.481 e. The molecule has 132 valence electrons. The molecule has 25 heavy (non-hydrogen) atoms. The van der Waals surface area contributed by atoms with E-state index in [1.54, 1.807) is 28.6 Å². The SMILES string of the molecule is CCc1c(C(=O)N2CCC(C)(C(=O)O)C2)cnn1-c1ccc(F)cc1. The number of hydrogen-bond acceptors (Lipinski definition) is 3.